The van der Waals surface area contributed by atoms with Crippen molar-refractivity contribution in [2.75, 3.05) is 6.54 Å². The van der Waals surface area contributed by atoms with Crippen LogP contribution in [0.4, 0.5) is 4.39 Å². The SMILES string of the molecule is O=C(NCCc1ncn[nH]1)c1ccc(Br)cc1F. The quantitative estimate of drug-likeness (QED) is 0.902. The molecule has 5 nitrogen and oxygen atoms in total. The summed E-state index contributed by atoms with van der Waals surface area (Å²) in [4.78, 5) is 15.6. The fraction of sp³-hybridized carbons (Fsp3) is 0.182. The van der Waals surface area contributed by atoms with Gasteiger partial charge >= 0.3 is 0 Å². The van der Waals surface area contributed by atoms with Crippen molar-refractivity contribution < 1.29 is 9.18 Å². The van der Waals surface area contributed by atoms with Crippen LogP contribution in [0.25, 0.3) is 0 Å². The van der Waals surface area contributed by atoms with Crippen LogP contribution in [0.2, 0.25) is 0 Å². The molecule has 7 heteroatoms. The standard InChI is InChI=1S/C11H10BrFN4O/c12-7-1-2-8(9(13)5-7)11(18)14-4-3-10-15-6-16-17-10/h1-2,5-6H,3-4H2,(H,14,18)(H,15,16,17). The molecule has 18 heavy (non-hydrogen) atoms. The van der Waals surface area contributed by atoms with Crippen molar-refractivity contribution in [1.29, 1.82) is 0 Å². The molecule has 0 spiro atoms. The topological polar surface area (TPSA) is 70.7 Å². The van der Waals surface area contributed by atoms with E-state index in [9.17, 15) is 9.18 Å². The van der Waals surface area contributed by atoms with Crippen molar-refractivity contribution in [1.82, 2.24) is 20.5 Å². The van der Waals surface area contributed by atoms with Gasteiger partial charge in [-0.15, -0.1) is 0 Å². The van der Waals surface area contributed by atoms with Crippen LogP contribution in [0.15, 0.2) is 29.0 Å². The van der Waals surface area contributed by atoms with Gasteiger partial charge in [-0.3, -0.25) is 9.89 Å². The third-order valence-electron chi connectivity index (χ3n) is 2.29. The second-order valence-electron chi connectivity index (χ2n) is 3.56. The van der Waals surface area contributed by atoms with Crippen molar-refractivity contribution in [2.24, 2.45) is 0 Å². The number of nitrogens with one attached hydrogen (secondary N) is 2. The summed E-state index contributed by atoms with van der Waals surface area (Å²) >= 11 is 3.13. The van der Waals surface area contributed by atoms with Crippen molar-refractivity contribution in [3.05, 3.63) is 46.2 Å². The summed E-state index contributed by atoms with van der Waals surface area (Å²) in [5.41, 5.74) is 0.0239. The van der Waals surface area contributed by atoms with E-state index in [0.29, 0.717) is 23.3 Å². The molecule has 0 bridgehead atoms. The van der Waals surface area contributed by atoms with Gasteiger partial charge in [-0.1, -0.05) is 15.9 Å². The van der Waals surface area contributed by atoms with E-state index in [-0.39, 0.29) is 5.56 Å². The molecule has 0 fully saturated rings. The molecule has 1 amide bonds. The second kappa shape index (κ2) is 5.72. The number of amides is 1. The number of aromatic nitrogens is 3. The van der Waals surface area contributed by atoms with Gasteiger partial charge in [-0.25, -0.2) is 9.37 Å². The average molecular weight is 313 g/mol. The normalized spacial score (nSPS) is 10.3. The highest BCUT2D eigenvalue weighted by Gasteiger charge is 2.11. The van der Waals surface area contributed by atoms with Crippen molar-refractivity contribution in [3.8, 4) is 0 Å². The average Bonchev–Trinajstić information content (AvgIpc) is 2.81. The number of halogens is 2. The maximum atomic E-state index is 13.5. The zero-order valence-electron chi connectivity index (χ0n) is 9.28. The number of carbonyl (C=O) groups is 1. The molecule has 2 rings (SSSR count). The highest BCUT2D eigenvalue weighted by molar-refractivity contribution is 9.10. The van der Waals surface area contributed by atoms with Gasteiger partial charge in [0.15, 0.2) is 0 Å². The summed E-state index contributed by atoms with van der Waals surface area (Å²) in [5.74, 6) is -0.326. The number of nitrogens with zero attached hydrogens (tertiary/aromatic N) is 2. The Balaban J connectivity index is 1.91. The largest absolute Gasteiger partial charge is 0.351 e. The zero-order valence-corrected chi connectivity index (χ0v) is 10.9. The molecular formula is C11H10BrFN4O. The lowest BCUT2D eigenvalue weighted by molar-refractivity contribution is 0.0950. The molecule has 0 atom stereocenters. The number of aromatic amines is 1. The number of benzene rings is 1. The Kier molecular flexibility index (Phi) is 4.03. The van der Waals surface area contributed by atoms with Crippen LogP contribution in [0.5, 0.6) is 0 Å². The lowest BCUT2D eigenvalue weighted by atomic mass is 10.2. The maximum Gasteiger partial charge on any atom is 0.254 e. The van der Waals surface area contributed by atoms with Crippen LogP contribution in [-0.2, 0) is 6.42 Å². The first-order valence-corrected chi connectivity index (χ1v) is 6.03. The molecule has 1 heterocycles. The molecule has 0 aliphatic carbocycles. The molecule has 1 aromatic carbocycles. The van der Waals surface area contributed by atoms with Gasteiger partial charge in [0.05, 0.1) is 5.56 Å². The minimum atomic E-state index is -0.554. The Morgan fingerprint density at radius 1 is 1.50 bits per heavy atom. The molecule has 0 aliphatic rings. The van der Waals surface area contributed by atoms with Gasteiger partial charge < -0.3 is 5.32 Å². The Hall–Kier alpha value is -1.76. The van der Waals surface area contributed by atoms with Gasteiger partial charge in [0.2, 0.25) is 0 Å². The number of carbonyl (C=O) groups excluding carboxylic acids is 1. The lowest BCUT2D eigenvalue weighted by Gasteiger charge is -2.05. The fourth-order valence-corrected chi connectivity index (χ4v) is 1.75. The van der Waals surface area contributed by atoms with Gasteiger partial charge in [0, 0.05) is 17.4 Å². The smallest absolute Gasteiger partial charge is 0.254 e. The summed E-state index contributed by atoms with van der Waals surface area (Å²) in [6.07, 6.45) is 1.91. The fourth-order valence-electron chi connectivity index (χ4n) is 1.41. The Morgan fingerprint density at radius 3 is 3.00 bits per heavy atom. The molecule has 1 aromatic heterocycles. The predicted molar refractivity (Wildman–Crippen MR) is 66.5 cm³/mol. The van der Waals surface area contributed by atoms with E-state index in [1.54, 1.807) is 6.07 Å². The summed E-state index contributed by atoms with van der Waals surface area (Å²) in [6.45, 7) is 0.365. The van der Waals surface area contributed by atoms with Gasteiger partial charge in [0.25, 0.3) is 5.91 Å². The highest BCUT2D eigenvalue weighted by Crippen LogP contribution is 2.15. The molecule has 0 radical (unpaired) electrons. The minimum absolute atomic E-state index is 0.0239. The molecule has 0 unspecified atom stereocenters. The van der Waals surface area contributed by atoms with Crippen LogP contribution < -0.4 is 5.32 Å². The van der Waals surface area contributed by atoms with E-state index < -0.39 is 11.7 Å². The summed E-state index contributed by atoms with van der Waals surface area (Å²) in [7, 11) is 0. The second-order valence-corrected chi connectivity index (χ2v) is 4.48. The lowest BCUT2D eigenvalue weighted by Crippen LogP contribution is -2.26. The Bertz CT molecular complexity index is 544. The first-order chi connectivity index (χ1) is 8.66. The van der Waals surface area contributed by atoms with E-state index in [4.69, 9.17) is 0 Å². The number of hydrogen-bond donors (Lipinski definition) is 2. The van der Waals surface area contributed by atoms with E-state index in [2.05, 4.69) is 36.4 Å². The third kappa shape index (κ3) is 3.13. The number of H-pyrrole nitrogens is 1. The number of rotatable bonds is 4. The summed E-state index contributed by atoms with van der Waals surface area (Å²) in [6, 6.07) is 4.31. The monoisotopic (exact) mass is 312 g/mol. The van der Waals surface area contributed by atoms with E-state index in [1.807, 2.05) is 0 Å². The molecule has 2 aromatic rings. The predicted octanol–water partition coefficient (Wildman–Crippen LogP) is 1.68. The maximum absolute atomic E-state index is 13.5. The van der Waals surface area contributed by atoms with Crippen molar-refractivity contribution in [2.45, 2.75) is 6.42 Å². The Morgan fingerprint density at radius 2 is 2.33 bits per heavy atom. The van der Waals surface area contributed by atoms with Crippen LogP contribution in [0, 0.1) is 5.82 Å². The van der Waals surface area contributed by atoms with E-state index in [0.717, 1.165) is 0 Å². The Labute approximate surface area is 111 Å². The van der Waals surface area contributed by atoms with Crippen LogP contribution in [-0.4, -0.2) is 27.6 Å². The molecule has 2 N–H and O–H groups in total. The van der Waals surface area contributed by atoms with Crippen LogP contribution >= 0.6 is 15.9 Å². The molecule has 0 aliphatic heterocycles. The number of hydrogen-bond acceptors (Lipinski definition) is 3. The molecule has 0 saturated carbocycles. The molecule has 94 valence electrons. The summed E-state index contributed by atoms with van der Waals surface area (Å²) < 4.78 is 14.1. The van der Waals surface area contributed by atoms with Crippen LogP contribution in [0.1, 0.15) is 16.2 Å². The first kappa shape index (κ1) is 12.7. The van der Waals surface area contributed by atoms with Crippen molar-refractivity contribution in [3.63, 3.8) is 0 Å². The van der Waals surface area contributed by atoms with E-state index in [1.165, 1.54) is 18.5 Å². The first-order valence-electron chi connectivity index (χ1n) is 5.24. The highest BCUT2D eigenvalue weighted by atomic mass is 79.9. The van der Waals surface area contributed by atoms with Crippen molar-refractivity contribution >= 4 is 21.8 Å². The summed E-state index contributed by atoms with van der Waals surface area (Å²) in [5, 5.41) is 8.98. The zero-order chi connectivity index (χ0) is 13.0. The molecular weight excluding hydrogens is 303 g/mol. The van der Waals surface area contributed by atoms with Crippen LogP contribution in [0.3, 0.4) is 0 Å². The van der Waals surface area contributed by atoms with Gasteiger partial charge in [0.1, 0.15) is 18.0 Å². The van der Waals surface area contributed by atoms with Gasteiger partial charge in [-0.05, 0) is 18.2 Å². The van der Waals surface area contributed by atoms with E-state index >= 15 is 0 Å². The minimum Gasteiger partial charge on any atom is -0.351 e. The third-order valence-corrected chi connectivity index (χ3v) is 2.78. The van der Waals surface area contributed by atoms with Gasteiger partial charge in [-0.2, -0.15) is 5.10 Å². The molecule has 0 saturated heterocycles.